The summed E-state index contributed by atoms with van der Waals surface area (Å²) in [6.07, 6.45) is 3.17. The summed E-state index contributed by atoms with van der Waals surface area (Å²) in [7, 11) is 0. The smallest absolute Gasteiger partial charge is 0.152 e. The van der Waals surface area contributed by atoms with Crippen LogP contribution in [-0.2, 0) is 11.2 Å². The molecule has 11 heavy (non-hydrogen) atoms. The first-order valence-corrected chi connectivity index (χ1v) is 4.78. The van der Waals surface area contributed by atoms with Crippen LogP contribution in [0.1, 0.15) is 5.56 Å². The van der Waals surface area contributed by atoms with Crippen LogP contribution in [0, 0.1) is 6.58 Å². The molecule has 0 amide bonds. The Kier molecular flexibility index (Phi) is 2.74. The van der Waals surface area contributed by atoms with Crippen LogP contribution in [0.3, 0.4) is 0 Å². The predicted molar refractivity (Wildman–Crippen MR) is 47.5 cm³/mol. The molecule has 0 N–H and O–H groups in total. The van der Waals surface area contributed by atoms with Gasteiger partial charge >= 0.3 is 0 Å². The summed E-state index contributed by atoms with van der Waals surface area (Å²) in [6, 6.07) is 7.32. The monoisotopic (exact) mass is 165 g/mol. The van der Waals surface area contributed by atoms with Gasteiger partial charge in [0.15, 0.2) is 4.90 Å². The lowest BCUT2D eigenvalue weighted by atomic mass is 10.2. The van der Waals surface area contributed by atoms with Gasteiger partial charge in [-0.3, -0.25) is 0 Å². The lowest BCUT2D eigenvalue weighted by Crippen LogP contribution is -1.95. The molecule has 0 saturated carbocycles. The van der Waals surface area contributed by atoms with Gasteiger partial charge in [-0.15, -0.1) is 0 Å². The Morgan fingerprint density at radius 2 is 1.91 bits per heavy atom. The Morgan fingerprint density at radius 3 is 2.27 bits per heavy atom. The molecule has 1 nitrogen and oxygen atoms in total. The molecule has 0 aliphatic carbocycles. The van der Waals surface area contributed by atoms with E-state index in [1.165, 1.54) is 6.08 Å². The van der Waals surface area contributed by atoms with E-state index < -0.39 is 11.2 Å². The first-order valence-electron chi connectivity index (χ1n) is 3.22. The van der Waals surface area contributed by atoms with Crippen molar-refractivity contribution in [1.29, 1.82) is 0 Å². The Balaban J connectivity index is 2.91. The summed E-state index contributed by atoms with van der Waals surface area (Å²) in [5.74, 6) is 0. The minimum Gasteiger partial charge on any atom is -0.612 e. The molecule has 1 atom stereocenters. The molecule has 0 saturated heterocycles. The maximum Gasteiger partial charge on any atom is 0.152 e. The third kappa shape index (κ3) is 2.10. The highest BCUT2D eigenvalue weighted by Gasteiger charge is 2.00. The number of rotatable bonds is 2. The van der Waals surface area contributed by atoms with Gasteiger partial charge in [0.05, 0.1) is 0 Å². The predicted octanol–water partition coefficient (Wildman–Crippen LogP) is 1.87. The molecule has 1 unspecified atom stereocenters. The second kappa shape index (κ2) is 3.60. The molecule has 2 heteroatoms. The van der Waals surface area contributed by atoms with Crippen LogP contribution in [0.5, 0.6) is 0 Å². The normalized spacial score (nSPS) is 12.5. The zero-order valence-electron chi connectivity index (χ0n) is 6.28. The first-order chi connectivity index (χ1) is 5.24. The molecule has 1 aromatic carbocycles. The maximum atomic E-state index is 10.9. The van der Waals surface area contributed by atoms with Gasteiger partial charge in [-0.2, -0.15) is 0 Å². The van der Waals surface area contributed by atoms with Crippen LogP contribution in [0.4, 0.5) is 0 Å². The van der Waals surface area contributed by atoms with Crippen molar-refractivity contribution in [3.8, 4) is 0 Å². The fourth-order valence-electron chi connectivity index (χ4n) is 0.771. The SMILES string of the molecule is [CH]=Cc1ccc([S+](C)[O-])cc1. The van der Waals surface area contributed by atoms with Gasteiger partial charge in [0, 0.05) is 0 Å². The molecular formula is C9H9OS. The second-order valence-electron chi connectivity index (χ2n) is 2.19. The van der Waals surface area contributed by atoms with Gasteiger partial charge in [-0.1, -0.05) is 12.7 Å². The van der Waals surface area contributed by atoms with Crippen LogP contribution in [0.2, 0.25) is 0 Å². The molecule has 0 bridgehead atoms. The zero-order chi connectivity index (χ0) is 8.27. The van der Waals surface area contributed by atoms with Crippen LogP contribution in [0.25, 0.3) is 6.08 Å². The minimum atomic E-state index is -0.894. The third-order valence-corrected chi connectivity index (χ3v) is 2.34. The van der Waals surface area contributed by atoms with Crippen molar-refractivity contribution in [2.75, 3.05) is 6.26 Å². The van der Waals surface area contributed by atoms with Crippen LogP contribution < -0.4 is 0 Å². The molecule has 0 spiro atoms. The van der Waals surface area contributed by atoms with Gasteiger partial charge in [0.1, 0.15) is 6.26 Å². The van der Waals surface area contributed by atoms with Gasteiger partial charge < -0.3 is 4.55 Å². The lowest BCUT2D eigenvalue weighted by molar-refractivity contribution is 0.601. The number of hydrogen-bond donors (Lipinski definition) is 0. The van der Waals surface area contributed by atoms with E-state index in [0.29, 0.717) is 0 Å². The molecule has 0 aliphatic rings. The van der Waals surface area contributed by atoms with Gasteiger partial charge in [-0.05, 0) is 41.0 Å². The summed E-state index contributed by atoms with van der Waals surface area (Å²) < 4.78 is 10.9. The summed E-state index contributed by atoms with van der Waals surface area (Å²) in [5.41, 5.74) is 0.944. The average molecular weight is 165 g/mol. The van der Waals surface area contributed by atoms with Crippen molar-refractivity contribution < 1.29 is 4.55 Å². The quantitative estimate of drug-likeness (QED) is 0.613. The fourth-order valence-corrected chi connectivity index (χ4v) is 1.29. The maximum absolute atomic E-state index is 10.9. The van der Waals surface area contributed by atoms with Crippen LogP contribution >= 0.6 is 0 Å². The molecule has 1 radical (unpaired) electrons. The summed E-state index contributed by atoms with van der Waals surface area (Å²) >= 11 is -0.894. The fraction of sp³-hybridized carbons (Fsp3) is 0.111. The van der Waals surface area contributed by atoms with Crippen molar-refractivity contribution in [3.63, 3.8) is 0 Å². The Hall–Kier alpha value is -0.730. The van der Waals surface area contributed by atoms with E-state index in [4.69, 9.17) is 6.58 Å². The van der Waals surface area contributed by atoms with E-state index in [2.05, 4.69) is 0 Å². The highest BCUT2D eigenvalue weighted by Crippen LogP contribution is 2.10. The van der Waals surface area contributed by atoms with Crippen molar-refractivity contribution in [1.82, 2.24) is 0 Å². The summed E-state index contributed by atoms with van der Waals surface area (Å²) in [6.45, 7) is 5.28. The zero-order valence-corrected chi connectivity index (χ0v) is 7.10. The van der Waals surface area contributed by atoms with E-state index in [-0.39, 0.29) is 0 Å². The number of hydrogen-bond acceptors (Lipinski definition) is 1. The molecule has 1 rings (SSSR count). The molecule has 0 aromatic heterocycles. The molecule has 1 aromatic rings. The lowest BCUT2D eigenvalue weighted by Gasteiger charge is -2.02. The van der Waals surface area contributed by atoms with Crippen LogP contribution in [-0.4, -0.2) is 10.8 Å². The van der Waals surface area contributed by atoms with E-state index in [0.717, 1.165) is 10.5 Å². The highest BCUT2D eigenvalue weighted by atomic mass is 32.2. The number of benzene rings is 1. The third-order valence-electron chi connectivity index (χ3n) is 1.40. The molecule has 0 fully saturated rings. The van der Waals surface area contributed by atoms with Gasteiger partial charge in [-0.25, -0.2) is 0 Å². The molecular weight excluding hydrogens is 156 g/mol. The van der Waals surface area contributed by atoms with E-state index >= 15 is 0 Å². The minimum absolute atomic E-state index is 0.829. The van der Waals surface area contributed by atoms with Crippen LogP contribution in [0.15, 0.2) is 29.2 Å². The topological polar surface area (TPSA) is 23.1 Å². The van der Waals surface area contributed by atoms with Crippen molar-refractivity contribution in [3.05, 3.63) is 36.4 Å². The van der Waals surface area contributed by atoms with E-state index in [1.54, 1.807) is 6.26 Å². The van der Waals surface area contributed by atoms with Crippen molar-refractivity contribution in [2.24, 2.45) is 0 Å². The highest BCUT2D eigenvalue weighted by molar-refractivity contribution is 7.90. The van der Waals surface area contributed by atoms with Crippen molar-refractivity contribution >= 4 is 17.3 Å². The van der Waals surface area contributed by atoms with Gasteiger partial charge in [0.25, 0.3) is 0 Å². The first kappa shape index (κ1) is 8.37. The largest absolute Gasteiger partial charge is 0.612 e. The molecule has 0 aliphatic heterocycles. The second-order valence-corrected chi connectivity index (χ2v) is 3.57. The van der Waals surface area contributed by atoms with Gasteiger partial charge in [0.2, 0.25) is 0 Å². The summed E-state index contributed by atoms with van der Waals surface area (Å²) in [4.78, 5) is 0.829. The average Bonchev–Trinajstić information content (AvgIpc) is 2.05. The standard InChI is InChI=1S/C9H9OS/c1-3-8-4-6-9(7-5-8)11(2)10/h1,3-7H,2H3. The molecule has 0 heterocycles. The molecule has 57 valence electrons. The Morgan fingerprint density at radius 1 is 1.36 bits per heavy atom. The summed E-state index contributed by atoms with van der Waals surface area (Å²) in [5, 5.41) is 0. The van der Waals surface area contributed by atoms with E-state index in [1.807, 2.05) is 24.3 Å². The van der Waals surface area contributed by atoms with E-state index in [9.17, 15) is 4.55 Å². The Labute approximate surface area is 69.9 Å². The Bertz CT molecular complexity index is 238. The van der Waals surface area contributed by atoms with Crippen molar-refractivity contribution in [2.45, 2.75) is 4.90 Å².